The number of pyridine rings is 1. The van der Waals surface area contributed by atoms with Crippen LogP contribution in [0.25, 0.3) is 16.7 Å². The number of benzene rings is 2. The first kappa shape index (κ1) is 20.9. The van der Waals surface area contributed by atoms with Crippen molar-refractivity contribution in [2.45, 2.75) is 26.7 Å². The summed E-state index contributed by atoms with van der Waals surface area (Å²) >= 11 is 5.87. The molecule has 0 aliphatic heterocycles. The molecule has 0 radical (unpaired) electrons. The number of nitrogens with zero attached hydrogens (tertiary/aromatic N) is 3. The third kappa shape index (κ3) is 5.03. The Morgan fingerprint density at radius 1 is 1.10 bits per heavy atom. The molecule has 4 rings (SSSR count). The summed E-state index contributed by atoms with van der Waals surface area (Å²) in [6.45, 7) is 4.38. The van der Waals surface area contributed by atoms with E-state index >= 15 is 0 Å². The minimum atomic E-state index is -0.0987. The summed E-state index contributed by atoms with van der Waals surface area (Å²) in [5, 5.41) is 9.24. The third-order valence-electron chi connectivity index (χ3n) is 4.86. The first-order valence-electron chi connectivity index (χ1n) is 10.1. The van der Waals surface area contributed by atoms with Crippen LogP contribution in [0, 0.1) is 13.8 Å². The predicted molar refractivity (Wildman–Crippen MR) is 123 cm³/mol. The average Bonchev–Trinajstić information content (AvgIpc) is 3.12. The number of amides is 1. The number of fused-ring (bicyclic) bond motifs is 1. The van der Waals surface area contributed by atoms with E-state index in [9.17, 15) is 4.79 Å². The largest absolute Gasteiger partial charge is 0.494 e. The Balaban J connectivity index is 1.41. The average molecular weight is 435 g/mol. The van der Waals surface area contributed by atoms with Crippen LogP contribution < -0.4 is 10.1 Å². The van der Waals surface area contributed by atoms with Crippen molar-refractivity contribution < 1.29 is 9.53 Å². The summed E-state index contributed by atoms with van der Waals surface area (Å²) in [4.78, 5) is 17.2. The number of rotatable bonds is 7. The molecular weight excluding hydrogens is 412 g/mol. The van der Waals surface area contributed by atoms with Crippen molar-refractivity contribution in [2.24, 2.45) is 0 Å². The molecule has 0 saturated carbocycles. The van der Waals surface area contributed by atoms with E-state index in [1.807, 2.05) is 62.4 Å². The van der Waals surface area contributed by atoms with E-state index < -0.39 is 0 Å². The van der Waals surface area contributed by atoms with Crippen molar-refractivity contribution in [3.8, 4) is 11.6 Å². The van der Waals surface area contributed by atoms with Gasteiger partial charge in [0.1, 0.15) is 11.6 Å². The fraction of sp³-hybridized carbons (Fsp3) is 0.208. The van der Waals surface area contributed by atoms with Crippen molar-refractivity contribution in [3.63, 3.8) is 0 Å². The lowest BCUT2D eigenvalue weighted by atomic mass is 10.1. The molecule has 1 N–H and O–H groups in total. The molecule has 4 aromatic rings. The molecule has 6 nitrogen and oxygen atoms in total. The molecule has 0 spiro atoms. The molecule has 2 aromatic carbocycles. The van der Waals surface area contributed by atoms with Gasteiger partial charge in [-0.3, -0.25) is 4.79 Å². The monoisotopic (exact) mass is 434 g/mol. The van der Waals surface area contributed by atoms with Crippen molar-refractivity contribution in [1.82, 2.24) is 14.8 Å². The summed E-state index contributed by atoms with van der Waals surface area (Å²) in [6, 6.07) is 19.0. The van der Waals surface area contributed by atoms with E-state index in [-0.39, 0.29) is 5.91 Å². The fourth-order valence-corrected chi connectivity index (χ4v) is 3.49. The topological polar surface area (TPSA) is 69.0 Å². The van der Waals surface area contributed by atoms with E-state index in [0.717, 1.165) is 27.9 Å². The Bertz CT molecular complexity index is 1220. The number of halogens is 1. The summed E-state index contributed by atoms with van der Waals surface area (Å²) in [5.41, 5.74) is 2.79. The maximum atomic E-state index is 12.5. The van der Waals surface area contributed by atoms with E-state index in [4.69, 9.17) is 21.3 Å². The number of carbonyl (C=O) groups excluding carboxylic acids is 1. The second kappa shape index (κ2) is 9.18. The van der Waals surface area contributed by atoms with Crippen LogP contribution in [-0.2, 0) is 4.79 Å². The van der Waals surface area contributed by atoms with Crippen LogP contribution >= 0.6 is 11.6 Å². The molecule has 2 aromatic heterocycles. The molecule has 158 valence electrons. The summed E-state index contributed by atoms with van der Waals surface area (Å²) in [7, 11) is 0. The number of carbonyl (C=O) groups is 1. The SMILES string of the molecule is Cc1cc(NC(=O)CCCOc2ccc(Cl)cc2)n(-c2cc(C)c3ccccc3n2)n1. The predicted octanol–water partition coefficient (Wildman–Crippen LogP) is 5.49. The molecular formula is C24H23ClN4O2. The molecule has 1 amide bonds. The molecule has 0 aliphatic carbocycles. The highest BCUT2D eigenvalue weighted by atomic mass is 35.5. The lowest BCUT2D eigenvalue weighted by molar-refractivity contribution is -0.116. The highest BCUT2D eigenvalue weighted by Crippen LogP contribution is 2.22. The molecule has 0 fully saturated rings. The first-order valence-corrected chi connectivity index (χ1v) is 10.5. The Kier molecular flexibility index (Phi) is 6.18. The Hall–Kier alpha value is -3.38. The van der Waals surface area contributed by atoms with Crippen LogP contribution in [0.3, 0.4) is 0 Å². The number of aromatic nitrogens is 3. The number of aryl methyl sites for hydroxylation is 2. The summed E-state index contributed by atoms with van der Waals surface area (Å²) < 4.78 is 7.32. The summed E-state index contributed by atoms with van der Waals surface area (Å²) in [6.07, 6.45) is 0.927. The van der Waals surface area contributed by atoms with Gasteiger partial charge in [0.25, 0.3) is 0 Å². The van der Waals surface area contributed by atoms with Gasteiger partial charge < -0.3 is 10.1 Å². The first-order chi connectivity index (χ1) is 15.0. The number of ether oxygens (including phenoxy) is 1. The number of hydrogen-bond donors (Lipinski definition) is 1. The number of nitrogens with one attached hydrogen (secondary N) is 1. The Morgan fingerprint density at radius 3 is 2.68 bits per heavy atom. The zero-order chi connectivity index (χ0) is 21.8. The van der Waals surface area contributed by atoms with Crippen LogP contribution in [-0.4, -0.2) is 27.3 Å². The quantitative estimate of drug-likeness (QED) is 0.390. The van der Waals surface area contributed by atoms with Crippen LogP contribution in [0.4, 0.5) is 5.82 Å². The molecule has 31 heavy (non-hydrogen) atoms. The van der Waals surface area contributed by atoms with Crippen molar-refractivity contribution >= 4 is 34.2 Å². The normalized spacial score (nSPS) is 10.9. The standard InChI is InChI=1S/C24H23ClN4O2/c1-16-14-22(26-21-7-4-3-6-20(16)21)29-23(15-17(2)28-29)27-24(30)8-5-13-31-19-11-9-18(25)10-12-19/h3-4,6-7,9-12,14-15H,5,8,13H2,1-2H3,(H,27,30). The minimum absolute atomic E-state index is 0.0987. The van der Waals surface area contributed by atoms with Crippen molar-refractivity contribution in [1.29, 1.82) is 0 Å². The second-order valence-electron chi connectivity index (χ2n) is 7.35. The van der Waals surface area contributed by atoms with Crippen LogP contribution in [0.5, 0.6) is 5.75 Å². The van der Waals surface area contributed by atoms with Crippen LogP contribution in [0.2, 0.25) is 5.02 Å². The third-order valence-corrected chi connectivity index (χ3v) is 5.11. The van der Waals surface area contributed by atoms with Gasteiger partial charge in [-0.15, -0.1) is 0 Å². The van der Waals surface area contributed by atoms with Gasteiger partial charge >= 0.3 is 0 Å². The second-order valence-corrected chi connectivity index (χ2v) is 7.79. The molecule has 0 atom stereocenters. The highest BCUT2D eigenvalue weighted by molar-refractivity contribution is 6.30. The highest BCUT2D eigenvalue weighted by Gasteiger charge is 2.13. The Labute approximate surface area is 185 Å². The van der Waals surface area contributed by atoms with Gasteiger partial charge in [-0.05, 0) is 62.2 Å². The van der Waals surface area contributed by atoms with Gasteiger partial charge in [-0.2, -0.15) is 9.78 Å². The van der Waals surface area contributed by atoms with Gasteiger partial charge in [0.2, 0.25) is 5.91 Å². The lowest BCUT2D eigenvalue weighted by Gasteiger charge is -2.11. The molecule has 0 unspecified atom stereocenters. The van der Waals surface area contributed by atoms with Crippen LogP contribution in [0.1, 0.15) is 24.1 Å². The van der Waals surface area contributed by atoms with Crippen molar-refractivity contribution in [3.05, 3.63) is 76.9 Å². The summed E-state index contributed by atoms with van der Waals surface area (Å²) in [5.74, 6) is 1.91. The minimum Gasteiger partial charge on any atom is -0.494 e. The lowest BCUT2D eigenvalue weighted by Crippen LogP contribution is -2.16. The number of anilines is 1. The van der Waals surface area contributed by atoms with Crippen molar-refractivity contribution in [2.75, 3.05) is 11.9 Å². The van der Waals surface area contributed by atoms with E-state index in [1.54, 1.807) is 16.8 Å². The fourth-order valence-electron chi connectivity index (χ4n) is 3.36. The number of para-hydroxylation sites is 1. The van der Waals surface area contributed by atoms with Gasteiger partial charge in [0.05, 0.1) is 17.8 Å². The van der Waals surface area contributed by atoms with Gasteiger partial charge in [0, 0.05) is 22.9 Å². The molecule has 0 aliphatic rings. The van der Waals surface area contributed by atoms with E-state index in [0.29, 0.717) is 36.1 Å². The smallest absolute Gasteiger partial charge is 0.225 e. The number of hydrogen-bond acceptors (Lipinski definition) is 4. The Morgan fingerprint density at radius 2 is 1.87 bits per heavy atom. The van der Waals surface area contributed by atoms with Gasteiger partial charge in [0.15, 0.2) is 5.82 Å². The van der Waals surface area contributed by atoms with Gasteiger partial charge in [-0.25, -0.2) is 4.98 Å². The maximum absolute atomic E-state index is 12.5. The van der Waals surface area contributed by atoms with E-state index in [2.05, 4.69) is 10.4 Å². The maximum Gasteiger partial charge on any atom is 0.225 e. The zero-order valence-electron chi connectivity index (χ0n) is 17.4. The van der Waals surface area contributed by atoms with Gasteiger partial charge in [-0.1, -0.05) is 29.8 Å². The zero-order valence-corrected chi connectivity index (χ0v) is 18.2. The molecule has 2 heterocycles. The molecule has 0 bridgehead atoms. The molecule has 0 saturated heterocycles. The van der Waals surface area contributed by atoms with Crippen LogP contribution in [0.15, 0.2) is 60.7 Å². The van der Waals surface area contributed by atoms with E-state index in [1.165, 1.54) is 0 Å². The molecule has 7 heteroatoms.